The van der Waals surface area contributed by atoms with Crippen molar-refractivity contribution in [1.29, 1.82) is 0 Å². The van der Waals surface area contributed by atoms with Crippen LogP contribution in [-0.2, 0) is 10.0 Å². The van der Waals surface area contributed by atoms with Gasteiger partial charge in [0.05, 0.1) is 4.90 Å². The summed E-state index contributed by atoms with van der Waals surface area (Å²) in [5.41, 5.74) is 0.524. The van der Waals surface area contributed by atoms with Gasteiger partial charge in [-0.15, -0.1) is 0 Å². The van der Waals surface area contributed by atoms with Crippen LogP contribution in [0.15, 0.2) is 35.5 Å². The van der Waals surface area contributed by atoms with E-state index in [-0.39, 0.29) is 4.90 Å². The highest BCUT2D eigenvalue weighted by atomic mass is 32.2. The molecule has 1 aromatic heterocycles. The molecule has 94 valence electrons. The van der Waals surface area contributed by atoms with Crippen molar-refractivity contribution in [2.24, 2.45) is 0 Å². The van der Waals surface area contributed by atoms with Gasteiger partial charge in [-0.1, -0.05) is 22.3 Å². The quantitative estimate of drug-likeness (QED) is 0.599. The third-order valence-corrected chi connectivity index (χ3v) is 3.92. The summed E-state index contributed by atoms with van der Waals surface area (Å²) in [6.45, 7) is 1.62. The minimum Gasteiger partial charge on any atom is -0.390 e. The van der Waals surface area contributed by atoms with Crippen LogP contribution in [0.2, 0.25) is 0 Å². The van der Waals surface area contributed by atoms with Gasteiger partial charge in [-0.3, -0.25) is 0 Å². The lowest BCUT2D eigenvalue weighted by Crippen LogP contribution is -2.15. The van der Waals surface area contributed by atoms with Crippen molar-refractivity contribution in [2.75, 3.05) is 0 Å². The van der Waals surface area contributed by atoms with Crippen molar-refractivity contribution in [3.05, 3.63) is 46.3 Å². The molecule has 0 aliphatic rings. The maximum atomic E-state index is 12.1. The van der Waals surface area contributed by atoms with Gasteiger partial charge in [-0.2, -0.15) is 8.42 Å². The Bertz CT molecular complexity index is 707. The molecule has 8 nitrogen and oxygen atoms in total. The Labute approximate surface area is 102 Å². The fourth-order valence-electron chi connectivity index (χ4n) is 1.39. The minimum atomic E-state index is -3.94. The third kappa shape index (κ3) is 1.95. The molecule has 0 amide bonds. The lowest BCUT2D eigenvalue weighted by atomic mass is 10.2. The first-order valence-corrected chi connectivity index (χ1v) is 6.24. The predicted octanol–water partition coefficient (Wildman–Crippen LogP) is 0.732. The summed E-state index contributed by atoms with van der Waals surface area (Å²) in [7, 11) is -3.94. The number of hydrogen-bond acceptors (Lipinski definition) is 6. The smallest absolute Gasteiger partial charge is 0.390 e. The van der Waals surface area contributed by atoms with Crippen molar-refractivity contribution in [3.63, 3.8) is 0 Å². The Morgan fingerprint density at radius 3 is 2.56 bits per heavy atom. The lowest BCUT2D eigenvalue weighted by molar-refractivity contribution is -0.394. The summed E-state index contributed by atoms with van der Waals surface area (Å²) in [4.78, 5) is 12.9. The van der Waals surface area contributed by atoms with Gasteiger partial charge in [0.15, 0.2) is 0 Å². The van der Waals surface area contributed by atoms with E-state index in [1.807, 2.05) is 0 Å². The number of aromatic nitrogens is 3. The highest BCUT2D eigenvalue weighted by molar-refractivity contribution is 7.89. The van der Waals surface area contributed by atoms with Crippen LogP contribution in [0.25, 0.3) is 0 Å². The largest absolute Gasteiger partial charge is 0.492 e. The van der Waals surface area contributed by atoms with Crippen LogP contribution in [0.4, 0.5) is 5.95 Å². The molecule has 2 aromatic rings. The predicted molar refractivity (Wildman–Crippen MR) is 60.4 cm³/mol. The van der Waals surface area contributed by atoms with Gasteiger partial charge >= 0.3 is 5.95 Å². The molecule has 1 heterocycles. The van der Waals surface area contributed by atoms with Crippen molar-refractivity contribution < 1.29 is 13.3 Å². The standard InChI is InChI=1S/C9H8N4O4S/c1-7-4-2-3-5-8(7)18(16,17)12-6-10-9(11-12)13(14)15/h2-6H,1H3. The van der Waals surface area contributed by atoms with Crippen LogP contribution >= 0.6 is 0 Å². The van der Waals surface area contributed by atoms with Gasteiger partial charge in [0.1, 0.15) is 0 Å². The zero-order chi connectivity index (χ0) is 13.3. The van der Waals surface area contributed by atoms with Crippen LogP contribution < -0.4 is 0 Å². The first-order valence-electron chi connectivity index (χ1n) is 4.80. The van der Waals surface area contributed by atoms with Gasteiger partial charge in [0, 0.05) is 5.10 Å². The molecule has 0 aliphatic carbocycles. The zero-order valence-corrected chi connectivity index (χ0v) is 10.0. The third-order valence-electron chi connectivity index (χ3n) is 2.24. The van der Waals surface area contributed by atoms with E-state index >= 15 is 0 Å². The highest BCUT2D eigenvalue weighted by Gasteiger charge is 2.26. The SMILES string of the molecule is Cc1ccccc1S(=O)(=O)n1cnc([N+](=O)[O-])n1. The van der Waals surface area contributed by atoms with Crippen LogP contribution in [-0.4, -0.2) is 27.5 Å². The number of nitrogens with zero attached hydrogens (tertiary/aromatic N) is 4. The minimum absolute atomic E-state index is 0.0322. The van der Waals surface area contributed by atoms with Crippen LogP contribution in [0.3, 0.4) is 0 Å². The van der Waals surface area contributed by atoms with Crippen LogP contribution in [0, 0.1) is 17.0 Å². The second-order valence-electron chi connectivity index (χ2n) is 3.44. The van der Waals surface area contributed by atoms with E-state index in [2.05, 4.69) is 10.1 Å². The molecule has 18 heavy (non-hydrogen) atoms. The number of aryl methyl sites for hydroxylation is 1. The Hall–Kier alpha value is -2.29. The molecule has 9 heteroatoms. The van der Waals surface area contributed by atoms with E-state index in [9.17, 15) is 18.5 Å². The van der Waals surface area contributed by atoms with Gasteiger partial charge in [0.2, 0.25) is 6.33 Å². The molecular formula is C9H8N4O4S. The second kappa shape index (κ2) is 4.18. The Balaban J connectivity index is 2.55. The summed E-state index contributed by atoms with van der Waals surface area (Å²) in [6.07, 6.45) is 0.805. The molecular weight excluding hydrogens is 260 g/mol. The van der Waals surface area contributed by atoms with Gasteiger partial charge in [0.25, 0.3) is 10.0 Å². The number of benzene rings is 1. The summed E-state index contributed by atoms with van der Waals surface area (Å²) in [6, 6.07) is 6.28. The highest BCUT2D eigenvalue weighted by Crippen LogP contribution is 2.17. The van der Waals surface area contributed by atoms with E-state index in [4.69, 9.17) is 0 Å². The molecule has 1 aromatic carbocycles. The number of rotatable bonds is 3. The van der Waals surface area contributed by atoms with E-state index < -0.39 is 20.9 Å². The molecule has 0 N–H and O–H groups in total. The molecule has 0 atom stereocenters. The molecule has 0 spiro atoms. The molecule has 0 bridgehead atoms. The van der Waals surface area contributed by atoms with Crippen molar-refractivity contribution in [3.8, 4) is 0 Å². The molecule has 0 fully saturated rings. The molecule has 0 radical (unpaired) electrons. The Morgan fingerprint density at radius 2 is 2.00 bits per heavy atom. The first kappa shape index (κ1) is 12.2. The monoisotopic (exact) mass is 268 g/mol. The van der Waals surface area contributed by atoms with E-state index in [0.29, 0.717) is 9.65 Å². The fraction of sp³-hybridized carbons (Fsp3) is 0.111. The van der Waals surface area contributed by atoms with Crippen molar-refractivity contribution >= 4 is 16.0 Å². The average Bonchev–Trinajstić information content (AvgIpc) is 2.79. The van der Waals surface area contributed by atoms with Gasteiger partial charge in [-0.05, 0) is 28.5 Å². The maximum absolute atomic E-state index is 12.1. The van der Waals surface area contributed by atoms with E-state index in [0.717, 1.165) is 6.33 Å². The topological polar surface area (TPSA) is 108 Å². The van der Waals surface area contributed by atoms with Crippen LogP contribution in [0.5, 0.6) is 0 Å². The molecule has 0 saturated heterocycles. The summed E-state index contributed by atoms with van der Waals surface area (Å²) in [5, 5.41) is 13.7. The maximum Gasteiger partial charge on any atom is 0.492 e. The van der Waals surface area contributed by atoms with E-state index in [1.54, 1.807) is 25.1 Å². The van der Waals surface area contributed by atoms with Crippen LogP contribution in [0.1, 0.15) is 5.56 Å². The average molecular weight is 268 g/mol. The second-order valence-corrected chi connectivity index (χ2v) is 5.21. The summed E-state index contributed by atoms with van der Waals surface area (Å²) in [5.74, 6) is -0.757. The summed E-state index contributed by atoms with van der Waals surface area (Å²) >= 11 is 0. The van der Waals surface area contributed by atoms with Crippen molar-refractivity contribution in [1.82, 2.24) is 14.2 Å². The summed E-state index contributed by atoms with van der Waals surface area (Å²) < 4.78 is 24.8. The van der Waals surface area contributed by atoms with Gasteiger partial charge < -0.3 is 10.1 Å². The number of hydrogen-bond donors (Lipinski definition) is 0. The Morgan fingerprint density at radius 1 is 1.33 bits per heavy atom. The fourth-order valence-corrected chi connectivity index (χ4v) is 2.67. The lowest BCUT2D eigenvalue weighted by Gasteiger charge is -2.03. The molecule has 0 saturated carbocycles. The Kier molecular flexibility index (Phi) is 2.83. The zero-order valence-electron chi connectivity index (χ0n) is 9.22. The molecule has 2 rings (SSSR count). The van der Waals surface area contributed by atoms with Gasteiger partial charge in [-0.25, -0.2) is 0 Å². The van der Waals surface area contributed by atoms with E-state index in [1.165, 1.54) is 6.07 Å². The molecule has 0 aliphatic heterocycles. The number of nitro groups is 1. The first-order chi connectivity index (χ1) is 8.43. The molecule has 0 unspecified atom stereocenters. The normalized spacial score (nSPS) is 11.4. The van der Waals surface area contributed by atoms with Crippen molar-refractivity contribution in [2.45, 2.75) is 11.8 Å².